The third kappa shape index (κ3) is 7.62. The van der Waals surface area contributed by atoms with Crippen LogP contribution >= 0.6 is 0 Å². The molecule has 2 aliphatic rings. The Bertz CT molecular complexity index is 1690. The smallest absolute Gasteiger partial charge is 0.344 e. The van der Waals surface area contributed by atoms with Crippen molar-refractivity contribution in [2.45, 2.75) is 55.1 Å². The van der Waals surface area contributed by atoms with Gasteiger partial charge in [-0.15, -0.1) is 0 Å². The number of rotatable bonds is 10. The van der Waals surface area contributed by atoms with Crippen LogP contribution in [0.25, 0.3) is 0 Å². The van der Waals surface area contributed by atoms with Gasteiger partial charge in [-0.05, 0) is 54.6 Å². The van der Waals surface area contributed by atoms with Gasteiger partial charge in [0.1, 0.15) is 49.1 Å². The Hall–Kier alpha value is -5.16. The molecule has 1 aliphatic carbocycles. The van der Waals surface area contributed by atoms with Gasteiger partial charge in [-0.25, -0.2) is 14.4 Å². The van der Waals surface area contributed by atoms with E-state index in [9.17, 15) is 49.8 Å². The maximum atomic E-state index is 12.9. The molecule has 15 nitrogen and oxygen atoms in total. The third-order valence-electron chi connectivity index (χ3n) is 7.83. The van der Waals surface area contributed by atoms with E-state index >= 15 is 0 Å². The molecule has 5 rings (SSSR count). The Morgan fingerprint density at radius 1 is 0.816 bits per heavy atom. The van der Waals surface area contributed by atoms with Crippen molar-refractivity contribution >= 4 is 23.7 Å². The Labute approximate surface area is 278 Å². The number of aliphatic hydroxyl groups is 5. The van der Waals surface area contributed by atoms with Crippen LogP contribution in [0.5, 0.6) is 11.5 Å². The largest absolute Gasteiger partial charge is 0.508 e. The number of phenolic OH excluding ortho intramolecular Hbond substituents is 1. The second kappa shape index (κ2) is 14.9. The van der Waals surface area contributed by atoms with Gasteiger partial charge in [0.25, 0.3) is 0 Å². The van der Waals surface area contributed by atoms with Gasteiger partial charge in [0.2, 0.25) is 11.9 Å². The van der Waals surface area contributed by atoms with Gasteiger partial charge in [0.15, 0.2) is 18.0 Å². The van der Waals surface area contributed by atoms with Crippen LogP contribution in [0.3, 0.4) is 0 Å². The molecule has 1 saturated heterocycles. The first-order chi connectivity index (χ1) is 23.4. The first-order valence-electron chi connectivity index (χ1n) is 14.9. The van der Waals surface area contributed by atoms with Gasteiger partial charge in [-0.1, -0.05) is 36.4 Å². The molecule has 0 spiro atoms. The summed E-state index contributed by atoms with van der Waals surface area (Å²) in [5.41, 5.74) is -2.79. The van der Waals surface area contributed by atoms with Crippen LogP contribution in [0.2, 0.25) is 0 Å². The Kier molecular flexibility index (Phi) is 10.7. The van der Waals surface area contributed by atoms with Crippen LogP contribution in [-0.4, -0.2) is 109 Å². The molecule has 15 heteroatoms. The molecule has 6 N–H and O–H groups in total. The molecule has 1 heterocycles. The molecule has 3 aromatic carbocycles. The summed E-state index contributed by atoms with van der Waals surface area (Å²) in [6, 6.07) is 19.2. The van der Waals surface area contributed by atoms with E-state index in [0.717, 1.165) is 18.2 Å². The molecule has 0 saturated carbocycles. The fourth-order valence-electron chi connectivity index (χ4n) is 5.08. The summed E-state index contributed by atoms with van der Waals surface area (Å²) < 4.78 is 27.6. The number of hydrogen-bond acceptors (Lipinski definition) is 15. The number of ether oxygens (including phenoxy) is 5. The summed E-state index contributed by atoms with van der Waals surface area (Å²) >= 11 is 0. The van der Waals surface area contributed by atoms with Gasteiger partial charge in [-0.2, -0.15) is 0 Å². The van der Waals surface area contributed by atoms with Crippen LogP contribution in [0.15, 0.2) is 91.0 Å². The van der Waals surface area contributed by atoms with E-state index in [2.05, 4.69) is 0 Å². The lowest BCUT2D eigenvalue weighted by atomic mass is 9.83. The van der Waals surface area contributed by atoms with E-state index in [1.54, 1.807) is 36.4 Å². The minimum absolute atomic E-state index is 0.0893. The zero-order valence-corrected chi connectivity index (χ0v) is 25.5. The van der Waals surface area contributed by atoms with Crippen LogP contribution < -0.4 is 4.74 Å². The predicted molar refractivity (Wildman–Crippen MR) is 163 cm³/mol. The molecule has 0 amide bonds. The summed E-state index contributed by atoms with van der Waals surface area (Å²) in [6.45, 7) is -1.33. The standard InChI is InChI=1S/C34H32O15/c35-21-11-13-23(20(15-21)16-46-33(43)34(44)25(37)14-12-22(36)29(34)40)47-32-27(39)26(38)28(49-31(42)19-9-5-2-6-10-19)24(48-32)17-45-30(41)18-7-3-1-4-8-18/h1-15,24-29,32,35,37-40,44H,16-17H2/t24-,25+,26-,27-,28-,29-,32-,34+/m0/s1. The number of aliphatic hydroxyl groups excluding tert-OH is 4. The van der Waals surface area contributed by atoms with Gasteiger partial charge in [-0.3, -0.25) is 4.79 Å². The molecule has 1 aliphatic heterocycles. The monoisotopic (exact) mass is 680 g/mol. The Morgan fingerprint density at radius 2 is 1.45 bits per heavy atom. The Balaban J connectivity index is 1.35. The van der Waals surface area contributed by atoms with Crippen molar-refractivity contribution < 1.29 is 73.5 Å². The van der Waals surface area contributed by atoms with Crippen molar-refractivity contribution in [2.75, 3.05) is 6.61 Å². The molecule has 3 aromatic rings. The summed E-state index contributed by atoms with van der Waals surface area (Å²) in [4.78, 5) is 50.2. The lowest BCUT2D eigenvalue weighted by molar-refractivity contribution is -0.276. The van der Waals surface area contributed by atoms with Gasteiger partial charge in [0.05, 0.1) is 11.1 Å². The normalized spacial score (nSPS) is 27.9. The van der Waals surface area contributed by atoms with Crippen molar-refractivity contribution in [1.29, 1.82) is 0 Å². The Morgan fingerprint density at radius 3 is 2.10 bits per heavy atom. The summed E-state index contributed by atoms with van der Waals surface area (Å²) in [5, 5.41) is 63.1. The van der Waals surface area contributed by atoms with Crippen LogP contribution in [0.4, 0.5) is 0 Å². The first kappa shape index (κ1) is 35.2. The fourth-order valence-corrected chi connectivity index (χ4v) is 5.08. The van der Waals surface area contributed by atoms with Crippen LogP contribution in [-0.2, 0) is 35.1 Å². The van der Waals surface area contributed by atoms with E-state index in [1.807, 2.05) is 0 Å². The van der Waals surface area contributed by atoms with Crippen molar-refractivity contribution in [3.05, 3.63) is 108 Å². The average Bonchev–Trinajstić information content (AvgIpc) is 3.11. The number of benzene rings is 3. The lowest BCUT2D eigenvalue weighted by Gasteiger charge is -2.41. The highest BCUT2D eigenvalue weighted by Gasteiger charge is 2.55. The predicted octanol–water partition coefficient (Wildman–Crippen LogP) is -0.0647. The molecule has 258 valence electrons. The van der Waals surface area contributed by atoms with E-state index in [0.29, 0.717) is 0 Å². The molecule has 49 heavy (non-hydrogen) atoms. The van der Waals surface area contributed by atoms with Crippen molar-refractivity contribution in [3.63, 3.8) is 0 Å². The number of aromatic hydroxyl groups is 1. The van der Waals surface area contributed by atoms with E-state index < -0.39 is 85.4 Å². The summed E-state index contributed by atoms with van der Waals surface area (Å²) in [5.74, 6) is -4.78. The number of carbonyl (C=O) groups is 4. The maximum absolute atomic E-state index is 12.9. The summed E-state index contributed by atoms with van der Waals surface area (Å²) in [7, 11) is 0. The number of phenols is 1. The van der Waals surface area contributed by atoms with Crippen molar-refractivity contribution in [2.24, 2.45) is 0 Å². The van der Waals surface area contributed by atoms with E-state index in [4.69, 9.17) is 23.7 Å². The number of hydrogen-bond donors (Lipinski definition) is 6. The second-order valence-corrected chi connectivity index (χ2v) is 11.1. The van der Waals surface area contributed by atoms with E-state index in [-0.39, 0.29) is 28.2 Å². The molecule has 0 aromatic heterocycles. The zero-order valence-electron chi connectivity index (χ0n) is 25.5. The van der Waals surface area contributed by atoms with E-state index in [1.165, 1.54) is 36.4 Å². The number of ketones is 1. The highest BCUT2D eigenvalue weighted by atomic mass is 16.7. The molecular weight excluding hydrogens is 648 g/mol. The summed E-state index contributed by atoms with van der Waals surface area (Å²) in [6.07, 6.45) is -11.1. The topological polar surface area (TPSA) is 236 Å². The highest BCUT2D eigenvalue weighted by molar-refractivity contribution is 6.01. The molecule has 0 radical (unpaired) electrons. The van der Waals surface area contributed by atoms with Gasteiger partial charge >= 0.3 is 17.9 Å². The lowest BCUT2D eigenvalue weighted by Crippen LogP contribution is -2.62. The quantitative estimate of drug-likeness (QED) is 0.122. The van der Waals surface area contributed by atoms with Crippen LogP contribution in [0.1, 0.15) is 26.3 Å². The molecule has 0 bridgehead atoms. The number of carbonyl (C=O) groups excluding carboxylic acids is 4. The maximum Gasteiger partial charge on any atom is 0.344 e. The minimum Gasteiger partial charge on any atom is -0.508 e. The van der Waals surface area contributed by atoms with Crippen LogP contribution in [0, 0.1) is 0 Å². The minimum atomic E-state index is -3.03. The first-order valence-corrected chi connectivity index (χ1v) is 14.9. The second-order valence-electron chi connectivity index (χ2n) is 11.1. The van der Waals surface area contributed by atoms with Gasteiger partial charge < -0.3 is 54.3 Å². The number of esters is 3. The zero-order chi connectivity index (χ0) is 35.3. The molecule has 0 unspecified atom stereocenters. The van der Waals surface area contributed by atoms with Crippen molar-refractivity contribution in [1.82, 2.24) is 0 Å². The molecule has 8 atom stereocenters. The SMILES string of the molecule is O=C(OC[C@@H]1O[C@H](Oc2ccc(O)cc2COC(=O)[C@@]2(O)[C@H](O)C=CC(=O)[C@@H]2O)[C@@H](O)[C@H](O)[C@H]1OC(=O)c1ccccc1)c1ccccc1. The fraction of sp³-hybridized carbons (Fsp3) is 0.294. The van der Waals surface area contributed by atoms with Gasteiger partial charge in [0, 0.05) is 5.56 Å². The highest BCUT2D eigenvalue weighted by Crippen LogP contribution is 2.32. The molecule has 1 fully saturated rings. The third-order valence-corrected chi connectivity index (χ3v) is 7.83. The average molecular weight is 681 g/mol. The molecular formula is C34H32O15. The van der Waals surface area contributed by atoms with Crippen molar-refractivity contribution in [3.8, 4) is 11.5 Å².